The standard InChI is InChI=1S/C22H23NO3S/c1-25-16-9-11-17(12-10-16)27-15-5-8-22(24)23-20-13-14-21(26-2)19-7-4-3-6-18(19)20/h3-4,6-7,9-14H,5,8,15H2,1-2H3,(H,23,24). The molecule has 4 nitrogen and oxygen atoms in total. The summed E-state index contributed by atoms with van der Waals surface area (Å²) in [6.07, 6.45) is 1.31. The number of ether oxygens (including phenoxy) is 2. The van der Waals surface area contributed by atoms with E-state index in [-0.39, 0.29) is 5.91 Å². The smallest absolute Gasteiger partial charge is 0.224 e. The summed E-state index contributed by atoms with van der Waals surface area (Å²) < 4.78 is 10.6. The maximum Gasteiger partial charge on any atom is 0.224 e. The van der Waals surface area contributed by atoms with Crippen LogP contribution in [-0.4, -0.2) is 25.9 Å². The fourth-order valence-corrected chi connectivity index (χ4v) is 3.72. The number of nitrogens with one attached hydrogen (secondary N) is 1. The summed E-state index contributed by atoms with van der Waals surface area (Å²) in [6.45, 7) is 0. The fraction of sp³-hybridized carbons (Fsp3) is 0.227. The molecule has 0 aliphatic carbocycles. The second kappa shape index (κ2) is 9.33. The van der Waals surface area contributed by atoms with Crippen molar-refractivity contribution >= 4 is 34.1 Å². The van der Waals surface area contributed by atoms with Crippen LogP contribution in [0.1, 0.15) is 12.8 Å². The van der Waals surface area contributed by atoms with Gasteiger partial charge in [-0.2, -0.15) is 0 Å². The second-order valence-corrected chi connectivity index (χ2v) is 7.21. The Kier molecular flexibility index (Phi) is 6.60. The van der Waals surface area contributed by atoms with Gasteiger partial charge in [-0.3, -0.25) is 4.79 Å². The lowest BCUT2D eigenvalue weighted by atomic mass is 10.1. The van der Waals surface area contributed by atoms with E-state index in [2.05, 4.69) is 5.32 Å². The van der Waals surface area contributed by atoms with Crippen molar-refractivity contribution in [2.75, 3.05) is 25.3 Å². The van der Waals surface area contributed by atoms with E-state index in [0.717, 1.165) is 40.1 Å². The molecule has 0 radical (unpaired) electrons. The van der Waals surface area contributed by atoms with Crippen molar-refractivity contribution in [1.29, 1.82) is 0 Å². The van der Waals surface area contributed by atoms with Gasteiger partial charge in [-0.1, -0.05) is 24.3 Å². The van der Waals surface area contributed by atoms with Gasteiger partial charge in [0.2, 0.25) is 5.91 Å². The van der Waals surface area contributed by atoms with Gasteiger partial charge in [-0.25, -0.2) is 0 Å². The van der Waals surface area contributed by atoms with Crippen molar-refractivity contribution in [3.8, 4) is 11.5 Å². The van der Waals surface area contributed by atoms with Crippen LogP contribution in [-0.2, 0) is 4.79 Å². The molecule has 0 atom stereocenters. The van der Waals surface area contributed by atoms with Crippen molar-refractivity contribution in [1.82, 2.24) is 0 Å². The SMILES string of the molecule is COc1ccc(SCCCC(=O)Nc2ccc(OC)c3ccccc23)cc1. The number of methoxy groups -OCH3 is 2. The zero-order valence-electron chi connectivity index (χ0n) is 15.5. The van der Waals surface area contributed by atoms with Crippen molar-refractivity contribution in [2.24, 2.45) is 0 Å². The number of carbonyl (C=O) groups is 1. The molecule has 0 saturated heterocycles. The molecule has 0 bridgehead atoms. The zero-order chi connectivity index (χ0) is 19.1. The first-order chi connectivity index (χ1) is 13.2. The molecule has 27 heavy (non-hydrogen) atoms. The van der Waals surface area contributed by atoms with Crippen LogP contribution in [0.2, 0.25) is 0 Å². The van der Waals surface area contributed by atoms with Gasteiger partial charge in [-0.05, 0) is 48.6 Å². The van der Waals surface area contributed by atoms with Crippen molar-refractivity contribution in [3.05, 3.63) is 60.7 Å². The average molecular weight is 381 g/mol. The Hall–Kier alpha value is -2.66. The van der Waals surface area contributed by atoms with Crippen molar-refractivity contribution in [2.45, 2.75) is 17.7 Å². The summed E-state index contributed by atoms with van der Waals surface area (Å²) in [5, 5.41) is 5.01. The first-order valence-electron chi connectivity index (χ1n) is 8.83. The lowest BCUT2D eigenvalue weighted by Crippen LogP contribution is -2.11. The molecule has 1 amide bonds. The van der Waals surface area contributed by atoms with E-state index in [1.165, 1.54) is 4.90 Å². The maximum absolute atomic E-state index is 12.3. The molecule has 1 N–H and O–H groups in total. The van der Waals surface area contributed by atoms with Crippen LogP contribution < -0.4 is 14.8 Å². The molecule has 0 heterocycles. The van der Waals surface area contributed by atoms with Crippen molar-refractivity contribution in [3.63, 3.8) is 0 Å². The minimum atomic E-state index is 0.0284. The van der Waals surface area contributed by atoms with Crippen LogP contribution in [0.25, 0.3) is 10.8 Å². The predicted octanol–water partition coefficient (Wildman–Crippen LogP) is 5.37. The highest BCUT2D eigenvalue weighted by Gasteiger charge is 2.09. The molecule has 0 aromatic heterocycles. The maximum atomic E-state index is 12.3. The Morgan fingerprint density at radius 1 is 0.926 bits per heavy atom. The third-order valence-corrected chi connectivity index (χ3v) is 5.35. The summed E-state index contributed by atoms with van der Waals surface area (Å²) in [6, 6.07) is 19.7. The Bertz CT molecular complexity index is 909. The average Bonchev–Trinajstić information content (AvgIpc) is 2.72. The van der Waals surface area contributed by atoms with Gasteiger partial charge in [0.1, 0.15) is 11.5 Å². The van der Waals surface area contributed by atoms with Gasteiger partial charge in [0.15, 0.2) is 0 Å². The minimum Gasteiger partial charge on any atom is -0.497 e. The van der Waals surface area contributed by atoms with E-state index in [4.69, 9.17) is 9.47 Å². The topological polar surface area (TPSA) is 47.6 Å². The highest BCUT2D eigenvalue weighted by molar-refractivity contribution is 7.99. The number of carbonyl (C=O) groups excluding carboxylic acids is 1. The van der Waals surface area contributed by atoms with Crippen LogP contribution in [0.15, 0.2) is 65.6 Å². The molecule has 0 fully saturated rings. The van der Waals surface area contributed by atoms with E-state index in [1.807, 2.05) is 60.7 Å². The minimum absolute atomic E-state index is 0.0284. The van der Waals surface area contributed by atoms with E-state index in [0.29, 0.717) is 6.42 Å². The van der Waals surface area contributed by atoms with Crippen molar-refractivity contribution < 1.29 is 14.3 Å². The van der Waals surface area contributed by atoms with E-state index >= 15 is 0 Å². The van der Waals surface area contributed by atoms with E-state index < -0.39 is 0 Å². The number of rotatable bonds is 8. The number of fused-ring (bicyclic) bond motifs is 1. The summed E-state index contributed by atoms with van der Waals surface area (Å²) in [7, 11) is 3.31. The molecule has 0 saturated carbocycles. The van der Waals surface area contributed by atoms with Gasteiger partial charge < -0.3 is 14.8 Å². The molecule has 0 spiro atoms. The number of thioether (sulfide) groups is 1. The molecule has 3 rings (SSSR count). The molecular weight excluding hydrogens is 358 g/mol. The van der Waals surface area contributed by atoms with E-state index in [9.17, 15) is 4.79 Å². The number of amides is 1. The number of hydrogen-bond acceptors (Lipinski definition) is 4. The number of hydrogen-bond donors (Lipinski definition) is 1. The zero-order valence-corrected chi connectivity index (χ0v) is 16.3. The predicted molar refractivity (Wildman–Crippen MR) is 112 cm³/mol. The summed E-state index contributed by atoms with van der Waals surface area (Å²) in [5.74, 6) is 2.58. The third-order valence-electron chi connectivity index (χ3n) is 4.25. The van der Waals surface area contributed by atoms with Crippen LogP contribution in [0.3, 0.4) is 0 Å². The Labute approximate surface area is 163 Å². The monoisotopic (exact) mass is 381 g/mol. The van der Waals surface area contributed by atoms with Crippen LogP contribution in [0, 0.1) is 0 Å². The first kappa shape index (κ1) is 19.1. The largest absolute Gasteiger partial charge is 0.497 e. The normalized spacial score (nSPS) is 10.6. The quantitative estimate of drug-likeness (QED) is 0.421. The van der Waals surface area contributed by atoms with Gasteiger partial charge in [0.25, 0.3) is 0 Å². The Morgan fingerprint density at radius 3 is 2.37 bits per heavy atom. The lowest BCUT2D eigenvalue weighted by Gasteiger charge is -2.11. The number of anilines is 1. The second-order valence-electron chi connectivity index (χ2n) is 6.04. The van der Waals surface area contributed by atoms with Gasteiger partial charge in [0.05, 0.1) is 14.2 Å². The van der Waals surface area contributed by atoms with E-state index in [1.54, 1.807) is 26.0 Å². The molecule has 0 unspecified atom stereocenters. The van der Waals surface area contributed by atoms with Crippen LogP contribution in [0.5, 0.6) is 11.5 Å². The van der Waals surface area contributed by atoms with Gasteiger partial charge in [-0.15, -0.1) is 11.8 Å². The summed E-state index contributed by atoms with van der Waals surface area (Å²) in [4.78, 5) is 13.5. The molecule has 0 aliphatic rings. The van der Waals surface area contributed by atoms with Gasteiger partial charge >= 0.3 is 0 Å². The highest BCUT2D eigenvalue weighted by Crippen LogP contribution is 2.31. The van der Waals surface area contributed by atoms with Gasteiger partial charge in [0, 0.05) is 27.8 Å². The molecule has 0 aliphatic heterocycles. The molecule has 3 aromatic carbocycles. The highest BCUT2D eigenvalue weighted by atomic mass is 32.2. The summed E-state index contributed by atoms with van der Waals surface area (Å²) >= 11 is 1.74. The molecular formula is C22H23NO3S. The first-order valence-corrected chi connectivity index (χ1v) is 9.82. The molecule has 3 aromatic rings. The summed E-state index contributed by atoms with van der Waals surface area (Å²) in [5.41, 5.74) is 0.819. The third kappa shape index (κ3) is 4.95. The van der Waals surface area contributed by atoms with Crippen LogP contribution in [0.4, 0.5) is 5.69 Å². The Morgan fingerprint density at radius 2 is 1.67 bits per heavy atom. The van der Waals surface area contributed by atoms with Crippen LogP contribution >= 0.6 is 11.8 Å². The number of benzene rings is 3. The lowest BCUT2D eigenvalue weighted by molar-refractivity contribution is -0.116. The Balaban J connectivity index is 1.53. The molecule has 5 heteroatoms. The molecule has 140 valence electrons. The fourth-order valence-electron chi connectivity index (χ4n) is 2.87.